The molecule has 3 aromatic rings. The maximum Gasteiger partial charge on any atom is 0.405 e. The average Bonchev–Trinajstić information content (AvgIpc) is 3.82. The van der Waals surface area contributed by atoms with Crippen LogP contribution in [0.25, 0.3) is 11.3 Å². The van der Waals surface area contributed by atoms with Gasteiger partial charge in [0, 0.05) is 63.3 Å². The average molecular weight is 767 g/mol. The Bertz CT molecular complexity index is 1690. The minimum atomic E-state index is -4.64. The number of pyridine rings is 1. The lowest BCUT2D eigenvalue weighted by molar-refractivity contribution is -0.145. The number of nitrogens with zero attached hydrogens (tertiary/aromatic N) is 6. The molecular formula is C35H49F3N8O8. The molecule has 0 saturated carbocycles. The van der Waals surface area contributed by atoms with E-state index in [0.29, 0.717) is 54.8 Å². The van der Waals surface area contributed by atoms with Gasteiger partial charge in [-0.1, -0.05) is 6.92 Å². The highest BCUT2D eigenvalue weighted by molar-refractivity contribution is 5.82. The first-order chi connectivity index (χ1) is 25.7. The van der Waals surface area contributed by atoms with E-state index in [1.165, 1.54) is 7.11 Å². The molecule has 5 atom stereocenters. The van der Waals surface area contributed by atoms with E-state index in [1.807, 2.05) is 31.0 Å². The van der Waals surface area contributed by atoms with E-state index in [-0.39, 0.29) is 45.0 Å². The number of oxazole rings is 1. The van der Waals surface area contributed by atoms with E-state index in [9.17, 15) is 33.0 Å². The van der Waals surface area contributed by atoms with E-state index < -0.39 is 60.3 Å². The second kappa shape index (κ2) is 18.0. The van der Waals surface area contributed by atoms with Gasteiger partial charge in [-0.05, 0) is 39.2 Å². The number of hydrogen-bond donors (Lipinski definition) is 4. The number of amides is 2. The lowest BCUT2D eigenvalue weighted by Gasteiger charge is -2.46. The number of rotatable bonds is 16. The number of aryl methyl sites for hydroxylation is 1. The molecule has 0 aliphatic carbocycles. The molecule has 0 aromatic carbocycles. The van der Waals surface area contributed by atoms with Crippen molar-refractivity contribution < 1.29 is 51.3 Å². The number of carbonyl (C=O) groups is 2. The summed E-state index contributed by atoms with van der Waals surface area (Å²) in [5.41, 5.74) is -0.278. The van der Waals surface area contributed by atoms with Crippen LogP contribution in [0.1, 0.15) is 57.7 Å². The van der Waals surface area contributed by atoms with Crippen molar-refractivity contribution in [3.05, 3.63) is 42.3 Å². The highest BCUT2D eigenvalue weighted by atomic mass is 19.4. The Balaban J connectivity index is 1.31. The number of methoxy groups -OCH3 is 1. The molecule has 2 saturated heterocycles. The molecule has 2 fully saturated rings. The third-order valence-corrected chi connectivity index (χ3v) is 9.73. The maximum atomic E-state index is 13.6. The number of aromatic nitrogens is 4. The summed E-state index contributed by atoms with van der Waals surface area (Å²) in [7, 11) is 1.52. The number of hydrogen-bond acceptors (Lipinski definition) is 14. The normalized spacial score (nSPS) is 21.4. The SMILES string of the molecule is CCCc1nnc(C[C@H](C[C@H](O)CN2CCN(C(C)(C)c3ncc(-c4cncc(OC)c4)o3)C[C@H]2C(=O)NCC(F)(F)F)C(=O)N[C@H]2CCOC[C@H]2O)o1. The molecular weight excluding hydrogens is 717 g/mol. The van der Waals surface area contributed by atoms with Gasteiger partial charge in [0.05, 0.1) is 49.9 Å². The van der Waals surface area contributed by atoms with Crippen LogP contribution in [0.2, 0.25) is 0 Å². The van der Waals surface area contributed by atoms with Gasteiger partial charge in [0.25, 0.3) is 0 Å². The van der Waals surface area contributed by atoms with Gasteiger partial charge >= 0.3 is 6.18 Å². The van der Waals surface area contributed by atoms with Gasteiger partial charge in [-0.15, -0.1) is 10.2 Å². The fourth-order valence-corrected chi connectivity index (χ4v) is 6.64. The fourth-order valence-electron chi connectivity index (χ4n) is 6.64. The van der Waals surface area contributed by atoms with Crippen LogP contribution >= 0.6 is 0 Å². The van der Waals surface area contributed by atoms with E-state index in [4.69, 9.17) is 18.3 Å². The van der Waals surface area contributed by atoms with Crippen LogP contribution in [0.4, 0.5) is 13.2 Å². The summed E-state index contributed by atoms with van der Waals surface area (Å²) >= 11 is 0. The van der Waals surface area contributed by atoms with Crippen LogP contribution in [-0.2, 0) is 32.7 Å². The van der Waals surface area contributed by atoms with E-state index >= 15 is 0 Å². The number of halogens is 3. The number of alkyl halides is 3. The molecule has 0 unspecified atom stereocenters. The van der Waals surface area contributed by atoms with E-state index in [2.05, 4.69) is 25.5 Å². The molecule has 54 heavy (non-hydrogen) atoms. The number of β-amino-alcohol motifs (C(OH)–C–C–N with tert-alkyl or cyclic N) is 1. The number of piperazine rings is 1. The van der Waals surface area contributed by atoms with Crippen LogP contribution in [0.15, 0.2) is 33.5 Å². The van der Waals surface area contributed by atoms with Crippen molar-refractivity contribution in [2.75, 3.05) is 53.0 Å². The Kier molecular flexibility index (Phi) is 13.6. The zero-order valence-electron chi connectivity index (χ0n) is 30.8. The standard InChI is InChI=1S/C35H49F3N8O8/c1-5-6-29-43-44-30(54-29)13-21(31(49)42-25-7-10-52-19-27(25)48)11-23(47)17-45-8-9-46(18-26(45)32(50)41-20-35(36,37)38)34(2,3)33-40-16-28(53-33)22-12-24(51-4)15-39-14-22/h12,14-16,21,23,25-27,47-48H,5-11,13,17-20H2,1-4H3,(H,41,50)(H,42,49)/t21-,23-,25-,26-,27+/m0/s1. The minimum Gasteiger partial charge on any atom is -0.495 e. The molecule has 0 bridgehead atoms. The molecule has 5 heterocycles. The third-order valence-electron chi connectivity index (χ3n) is 9.73. The van der Waals surface area contributed by atoms with Gasteiger partial charge in [-0.2, -0.15) is 13.2 Å². The predicted octanol–water partition coefficient (Wildman–Crippen LogP) is 1.86. The summed E-state index contributed by atoms with van der Waals surface area (Å²) in [4.78, 5) is 39.2. The zero-order valence-corrected chi connectivity index (χ0v) is 30.8. The van der Waals surface area contributed by atoms with Crippen molar-refractivity contribution in [1.29, 1.82) is 0 Å². The Morgan fingerprint density at radius 3 is 2.63 bits per heavy atom. The molecule has 2 aliphatic rings. The number of aliphatic hydroxyl groups is 2. The number of carbonyl (C=O) groups excluding carboxylic acids is 2. The first kappa shape index (κ1) is 41.0. The minimum absolute atomic E-state index is 0.000345. The van der Waals surface area contributed by atoms with Gasteiger partial charge in [0.2, 0.25) is 29.5 Å². The van der Waals surface area contributed by atoms with Crippen LogP contribution in [-0.4, -0.2) is 136 Å². The summed E-state index contributed by atoms with van der Waals surface area (Å²) in [6.45, 7) is 4.92. The zero-order chi connectivity index (χ0) is 39.0. The monoisotopic (exact) mass is 766 g/mol. The molecule has 3 aromatic heterocycles. The Morgan fingerprint density at radius 1 is 1.13 bits per heavy atom. The van der Waals surface area contributed by atoms with Gasteiger partial charge in [0.1, 0.15) is 18.3 Å². The summed E-state index contributed by atoms with van der Waals surface area (Å²) in [5.74, 6) is -0.301. The molecule has 2 aliphatic heterocycles. The molecule has 0 radical (unpaired) electrons. The van der Waals surface area contributed by atoms with Crippen LogP contribution < -0.4 is 15.4 Å². The number of nitrogens with one attached hydrogen (secondary N) is 2. The molecule has 16 nitrogen and oxygen atoms in total. The van der Waals surface area contributed by atoms with Gasteiger partial charge < -0.3 is 39.2 Å². The lowest BCUT2D eigenvalue weighted by atomic mass is 9.94. The summed E-state index contributed by atoms with van der Waals surface area (Å²) in [6, 6.07) is 0.0717. The van der Waals surface area contributed by atoms with Gasteiger partial charge in [-0.3, -0.25) is 24.4 Å². The molecule has 5 rings (SSSR count). The predicted molar refractivity (Wildman–Crippen MR) is 185 cm³/mol. The molecule has 19 heteroatoms. The first-order valence-corrected chi connectivity index (χ1v) is 18.0. The lowest BCUT2D eigenvalue weighted by Crippen LogP contribution is -2.63. The van der Waals surface area contributed by atoms with Crippen molar-refractivity contribution in [2.24, 2.45) is 5.92 Å². The van der Waals surface area contributed by atoms with Crippen molar-refractivity contribution >= 4 is 11.8 Å². The summed E-state index contributed by atoms with van der Waals surface area (Å²) < 4.78 is 62.0. The molecule has 4 N–H and O–H groups in total. The van der Waals surface area contributed by atoms with Crippen LogP contribution in [0, 0.1) is 5.92 Å². The maximum absolute atomic E-state index is 13.6. The van der Waals surface area contributed by atoms with Crippen LogP contribution in [0.3, 0.4) is 0 Å². The Hall–Kier alpha value is -4.17. The second-order valence-electron chi connectivity index (χ2n) is 14.2. The van der Waals surface area contributed by atoms with E-state index in [1.54, 1.807) is 29.6 Å². The second-order valence-corrected chi connectivity index (χ2v) is 14.2. The molecule has 298 valence electrons. The Morgan fingerprint density at radius 2 is 1.91 bits per heavy atom. The van der Waals surface area contributed by atoms with Gasteiger partial charge in [-0.25, -0.2) is 4.98 Å². The summed E-state index contributed by atoms with van der Waals surface area (Å²) in [5, 5.41) is 34.8. The fraction of sp³-hybridized carbons (Fsp3) is 0.657. The first-order valence-electron chi connectivity index (χ1n) is 18.0. The quantitative estimate of drug-likeness (QED) is 0.165. The largest absolute Gasteiger partial charge is 0.495 e. The Labute approximate surface area is 310 Å². The van der Waals surface area contributed by atoms with Crippen molar-refractivity contribution in [2.45, 2.75) is 88.9 Å². The molecule has 0 spiro atoms. The highest BCUT2D eigenvalue weighted by Crippen LogP contribution is 2.33. The number of aliphatic hydroxyl groups excluding tert-OH is 2. The highest BCUT2D eigenvalue weighted by Gasteiger charge is 2.43. The number of ether oxygens (including phenoxy) is 2. The van der Waals surface area contributed by atoms with E-state index in [0.717, 1.165) is 6.42 Å². The summed E-state index contributed by atoms with van der Waals surface area (Å²) in [6.07, 6.45) is -0.429. The van der Waals surface area contributed by atoms with Crippen molar-refractivity contribution in [3.63, 3.8) is 0 Å². The van der Waals surface area contributed by atoms with Gasteiger partial charge in [0.15, 0.2) is 5.76 Å². The van der Waals surface area contributed by atoms with Crippen molar-refractivity contribution in [3.8, 4) is 17.1 Å². The third kappa shape index (κ3) is 10.7. The van der Waals surface area contributed by atoms with Crippen LogP contribution in [0.5, 0.6) is 5.75 Å². The molecule has 2 amide bonds. The van der Waals surface area contributed by atoms with Crippen molar-refractivity contribution in [1.82, 2.24) is 40.6 Å². The topological polar surface area (TPSA) is 201 Å². The smallest absolute Gasteiger partial charge is 0.405 e.